The van der Waals surface area contributed by atoms with Crippen LogP contribution in [-0.2, 0) is 5.41 Å². The molecule has 176 valence electrons. The molecule has 6 heteroatoms. The van der Waals surface area contributed by atoms with Gasteiger partial charge in [0.2, 0.25) is 11.2 Å². The summed E-state index contributed by atoms with van der Waals surface area (Å²) in [5.74, 6) is 0.951. The van der Waals surface area contributed by atoms with Gasteiger partial charge in [-0.25, -0.2) is 0 Å². The van der Waals surface area contributed by atoms with Gasteiger partial charge in [-0.05, 0) is 64.2 Å². The predicted octanol–water partition coefficient (Wildman–Crippen LogP) is 7.47. The van der Waals surface area contributed by atoms with E-state index in [-0.39, 0.29) is 10.7 Å². The highest BCUT2D eigenvalue weighted by Crippen LogP contribution is 2.49. The number of nitriles is 1. The maximum absolute atomic E-state index is 9.44. The van der Waals surface area contributed by atoms with Crippen LogP contribution in [0.5, 0.6) is 0 Å². The number of halogens is 1. The topological polar surface area (TPSA) is 67.4 Å². The Morgan fingerprint density at radius 1 is 0.757 bits per heavy atom. The van der Waals surface area contributed by atoms with Crippen LogP contribution in [0.4, 0.5) is 0 Å². The Morgan fingerprint density at radius 2 is 1.51 bits per heavy atom. The van der Waals surface area contributed by atoms with E-state index in [9.17, 15) is 5.26 Å². The summed E-state index contributed by atoms with van der Waals surface area (Å²) < 4.78 is 1.98. The molecule has 5 nitrogen and oxygen atoms in total. The first-order chi connectivity index (χ1) is 18.0. The van der Waals surface area contributed by atoms with Crippen molar-refractivity contribution in [3.63, 3.8) is 0 Å². The molecule has 0 saturated carbocycles. The first-order valence-electron chi connectivity index (χ1n) is 12.1. The Hall–Kier alpha value is -4.53. The normalized spacial score (nSPS) is 13.5. The van der Waals surface area contributed by atoms with Crippen LogP contribution in [0.3, 0.4) is 0 Å². The summed E-state index contributed by atoms with van der Waals surface area (Å²) in [6.45, 7) is 4.52. The second-order valence-corrected chi connectivity index (χ2v) is 10.2. The highest BCUT2D eigenvalue weighted by Gasteiger charge is 2.35. The highest BCUT2D eigenvalue weighted by atomic mass is 35.5. The van der Waals surface area contributed by atoms with Gasteiger partial charge in [-0.3, -0.25) is 4.57 Å². The zero-order chi connectivity index (χ0) is 25.3. The summed E-state index contributed by atoms with van der Waals surface area (Å²) in [6, 6.07) is 30.8. The zero-order valence-electron chi connectivity index (χ0n) is 20.2. The van der Waals surface area contributed by atoms with Gasteiger partial charge in [0.25, 0.3) is 0 Å². The van der Waals surface area contributed by atoms with Crippen LogP contribution in [-0.4, -0.2) is 19.5 Å². The minimum Gasteiger partial charge on any atom is -0.278 e. The molecule has 7 rings (SSSR count). The quantitative estimate of drug-likeness (QED) is 0.249. The highest BCUT2D eigenvalue weighted by molar-refractivity contribution is 6.28. The monoisotopic (exact) mass is 497 g/mol. The third-order valence-electron chi connectivity index (χ3n) is 7.44. The van der Waals surface area contributed by atoms with Gasteiger partial charge in [0.15, 0.2) is 5.82 Å². The van der Waals surface area contributed by atoms with Crippen molar-refractivity contribution in [2.75, 3.05) is 0 Å². The lowest BCUT2D eigenvalue weighted by atomic mass is 9.82. The maximum atomic E-state index is 9.44. The van der Waals surface area contributed by atoms with Gasteiger partial charge < -0.3 is 0 Å². The van der Waals surface area contributed by atoms with Crippen LogP contribution < -0.4 is 0 Å². The molecule has 2 aromatic heterocycles. The molecule has 0 atom stereocenters. The molecule has 0 N–H and O–H groups in total. The van der Waals surface area contributed by atoms with E-state index < -0.39 is 0 Å². The van der Waals surface area contributed by atoms with Gasteiger partial charge in [0, 0.05) is 21.8 Å². The Kier molecular flexibility index (Phi) is 4.54. The number of hydrogen-bond donors (Lipinski definition) is 0. The van der Waals surface area contributed by atoms with Gasteiger partial charge in [-0.15, -0.1) is 0 Å². The summed E-state index contributed by atoms with van der Waals surface area (Å²) in [4.78, 5) is 13.9. The molecule has 37 heavy (non-hydrogen) atoms. The third-order valence-corrected chi connectivity index (χ3v) is 7.61. The van der Waals surface area contributed by atoms with E-state index in [1.807, 2.05) is 41.0 Å². The Morgan fingerprint density at radius 3 is 2.38 bits per heavy atom. The molecule has 0 fully saturated rings. The molecule has 2 heterocycles. The molecule has 0 unspecified atom stereocenters. The van der Waals surface area contributed by atoms with Crippen molar-refractivity contribution in [2.45, 2.75) is 19.3 Å². The van der Waals surface area contributed by atoms with E-state index in [1.165, 1.54) is 22.3 Å². The molecule has 6 aromatic rings. The lowest BCUT2D eigenvalue weighted by Crippen LogP contribution is -2.14. The summed E-state index contributed by atoms with van der Waals surface area (Å²) in [5.41, 5.74) is 8.28. The van der Waals surface area contributed by atoms with Crippen LogP contribution in [0.15, 0.2) is 84.9 Å². The molecular formula is C31H20ClN5. The number of nitrogens with zero attached hydrogens (tertiary/aromatic N) is 5. The first kappa shape index (κ1) is 21.7. The largest absolute Gasteiger partial charge is 0.278 e. The third kappa shape index (κ3) is 3.13. The van der Waals surface area contributed by atoms with Crippen LogP contribution in [0.2, 0.25) is 5.28 Å². The van der Waals surface area contributed by atoms with E-state index >= 15 is 0 Å². The van der Waals surface area contributed by atoms with Crippen molar-refractivity contribution in [1.29, 1.82) is 5.26 Å². The smallest absolute Gasteiger partial charge is 0.239 e. The summed E-state index contributed by atoms with van der Waals surface area (Å²) in [6.07, 6.45) is 0. The van der Waals surface area contributed by atoms with E-state index in [2.05, 4.69) is 72.3 Å². The minimum atomic E-state index is -0.0718. The Balaban J connectivity index is 1.45. The van der Waals surface area contributed by atoms with Gasteiger partial charge in [0.05, 0.1) is 22.7 Å². The van der Waals surface area contributed by atoms with Crippen molar-refractivity contribution in [2.24, 2.45) is 0 Å². The Bertz CT molecular complexity index is 1940. The molecule has 0 amide bonds. The van der Waals surface area contributed by atoms with Gasteiger partial charge in [-0.1, -0.05) is 68.4 Å². The van der Waals surface area contributed by atoms with Crippen molar-refractivity contribution in [1.82, 2.24) is 19.5 Å². The predicted molar refractivity (Wildman–Crippen MR) is 147 cm³/mol. The summed E-state index contributed by atoms with van der Waals surface area (Å²) in [5, 5.41) is 11.6. The SMILES string of the molecule is CC1(C)c2ccccc2-c2cc(-c3nc(Cl)nc(-n4c5ccccc5c5cc(C#N)ccc54)n3)ccc21. The van der Waals surface area contributed by atoms with E-state index in [0.717, 1.165) is 27.4 Å². The van der Waals surface area contributed by atoms with Crippen molar-refractivity contribution in [3.8, 4) is 34.5 Å². The molecule has 0 bridgehead atoms. The number of aromatic nitrogens is 4. The minimum absolute atomic E-state index is 0.0718. The van der Waals surface area contributed by atoms with Crippen LogP contribution in [0, 0.1) is 11.3 Å². The van der Waals surface area contributed by atoms with Crippen molar-refractivity contribution in [3.05, 3.63) is 107 Å². The fraction of sp³-hybridized carbons (Fsp3) is 0.0968. The first-order valence-corrected chi connectivity index (χ1v) is 12.4. The van der Waals surface area contributed by atoms with E-state index in [1.54, 1.807) is 6.07 Å². The molecule has 0 spiro atoms. The van der Waals surface area contributed by atoms with Crippen LogP contribution in [0.1, 0.15) is 30.5 Å². The Labute approximate surface area is 218 Å². The average Bonchev–Trinajstić information content (AvgIpc) is 3.37. The molecule has 0 saturated heterocycles. The van der Waals surface area contributed by atoms with Crippen LogP contribution >= 0.6 is 11.6 Å². The number of hydrogen-bond acceptors (Lipinski definition) is 4. The lowest BCUT2D eigenvalue weighted by Gasteiger charge is -2.21. The molecular weight excluding hydrogens is 478 g/mol. The zero-order valence-corrected chi connectivity index (χ0v) is 21.0. The fourth-order valence-corrected chi connectivity index (χ4v) is 5.84. The fourth-order valence-electron chi connectivity index (χ4n) is 5.69. The van der Waals surface area contributed by atoms with E-state index in [4.69, 9.17) is 16.6 Å². The summed E-state index contributed by atoms with van der Waals surface area (Å²) >= 11 is 6.49. The average molecular weight is 498 g/mol. The van der Waals surface area contributed by atoms with Crippen LogP contribution in [0.25, 0.3) is 50.3 Å². The summed E-state index contributed by atoms with van der Waals surface area (Å²) in [7, 11) is 0. The second-order valence-electron chi connectivity index (χ2n) is 9.86. The van der Waals surface area contributed by atoms with Gasteiger partial charge in [0.1, 0.15) is 0 Å². The van der Waals surface area contributed by atoms with E-state index in [0.29, 0.717) is 17.3 Å². The molecule has 1 aliphatic carbocycles. The number of benzene rings is 4. The number of fused-ring (bicyclic) bond motifs is 6. The number of rotatable bonds is 2. The molecule has 0 radical (unpaired) electrons. The molecule has 0 aliphatic heterocycles. The van der Waals surface area contributed by atoms with Crippen molar-refractivity contribution < 1.29 is 0 Å². The second kappa shape index (κ2) is 7.73. The number of para-hydroxylation sites is 1. The maximum Gasteiger partial charge on any atom is 0.239 e. The molecule has 1 aliphatic rings. The van der Waals surface area contributed by atoms with Gasteiger partial charge >= 0.3 is 0 Å². The molecule has 4 aromatic carbocycles. The lowest BCUT2D eigenvalue weighted by molar-refractivity contribution is 0.660. The van der Waals surface area contributed by atoms with Crippen molar-refractivity contribution >= 4 is 33.4 Å². The standard InChI is InChI=1S/C31H20ClN5/c1-31(2)24-9-5-3-7-20(24)22-16-19(12-13-25(22)31)28-34-29(32)36-30(35-28)37-26-10-6-4-8-21(26)23-15-18(17-33)11-14-27(23)37/h3-16H,1-2H3. The van der Waals surface area contributed by atoms with Gasteiger partial charge in [-0.2, -0.15) is 20.2 Å².